The second kappa shape index (κ2) is 10.9. The number of amides is 1. The molecule has 1 saturated carbocycles. The van der Waals surface area contributed by atoms with E-state index in [1.54, 1.807) is 25.1 Å². The molecule has 7 nitrogen and oxygen atoms in total. The smallest absolute Gasteiger partial charge is 0.278 e. The van der Waals surface area contributed by atoms with Crippen molar-refractivity contribution >= 4 is 34.6 Å². The topological polar surface area (TPSA) is 80.8 Å². The number of ether oxygens (including phenoxy) is 1. The van der Waals surface area contributed by atoms with Crippen LogP contribution in [0.2, 0.25) is 0 Å². The lowest BCUT2D eigenvalue weighted by Gasteiger charge is -2.30. The monoisotopic (exact) mass is 530 g/mol. The van der Waals surface area contributed by atoms with Crippen LogP contribution in [0.1, 0.15) is 65.8 Å². The van der Waals surface area contributed by atoms with E-state index < -0.39 is 12.5 Å². The van der Waals surface area contributed by atoms with Gasteiger partial charge >= 0.3 is 0 Å². The Morgan fingerprint density at radius 1 is 1.30 bits per heavy atom. The van der Waals surface area contributed by atoms with Gasteiger partial charge in [0.1, 0.15) is 5.52 Å². The highest BCUT2D eigenvalue weighted by molar-refractivity contribution is 7.13. The SMILES string of the molecule is Cc1nc2cc(C(=O)N=CC3CCC(CCN4CCc5sc(OCC(C)(F)F)nc5C4)CC3)ccc2o1. The first-order chi connectivity index (χ1) is 17.7. The maximum atomic E-state index is 13.1. The van der Waals surface area contributed by atoms with Crippen LogP contribution in [0.25, 0.3) is 11.1 Å². The van der Waals surface area contributed by atoms with Gasteiger partial charge in [-0.3, -0.25) is 9.69 Å². The van der Waals surface area contributed by atoms with E-state index in [1.165, 1.54) is 11.3 Å². The van der Waals surface area contributed by atoms with Crippen LogP contribution >= 0.6 is 11.3 Å². The number of aromatic nitrogens is 2. The lowest BCUT2D eigenvalue weighted by Crippen LogP contribution is -2.32. The Bertz CT molecular complexity index is 1270. The Balaban J connectivity index is 1.04. The molecule has 2 aliphatic rings. The number of alkyl halides is 2. The maximum Gasteiger partial charge on any atom is 0.278 e. The molecule has 1 fully saturated rings. The third-order valence-corrected chi connectivity index (χ3v) is 8.20. The van der Waals surface area contributed by atoms with E-state index in [0.717, 1.165) is 75.7 Å². The number of carbonyl (C=O) groups is 1. The van der Waals surface area contributed by atoms with Crippen LogP contribution in [-0.4, -0.2) is 52.6 Å². The van der Waals surface area contributed by atoms with E-state index in [9.17, 15) is 13.6 Å². The number of aliphatic imine (C=N–C) groups is 1. The quantitative estimate of drug-likeness (QED) is 0.328. The first kappa shape index (κ1) is 25.9. The second-order valence-corrected chi connectivity index (χ2v) is 11.3. The number of hydrogen-bond acceptors (Lipinski definition) is 7. The van der Waals surface area contributed by atoms with Gasteiger partial charge in [0.2, 0.25) is 0 Å². The summed E-state index contributed by atoms with van der Waals surface area (Å²) in [6.45, 7) is 4.72. The summed E-state index contributed by atoms with van der Waals surface area (Å²) in [4.78, 5) is 29.1. The standard InChI is InChI=1S/C27H32F2N4O3S/c1-17-31-21-13-20(7-8-23(21)36-17)25(34)30-14-19-5-3-18(4-6-19)9-11-33-12-10-24-22(15-33)32-26(37-24)35-16-27(2,28)29/h7-8,13-14,18-19H,3-6,9-12,15-16H2,1-2H3. The van der Waals surface area contributed by atoms with Crippen molar-refractivity contribution in [1.82, 2.24) is 14.9 Å². The van der Waals surface area contributed by atoms with E-state index in [-0.39, 0.29) is 5.91 Å². The molecule has 0 radical (unpaired) electrons. The van der Waals surface area contributed by atoms with Crippen molar-refractivity contribution < 1.29 is 22.7 Å². The molecule has 0 unspecified atom stereocenters. The molecule has 1 aliphatic carbocycles. The van der Waals surface area contributed by atoms with Gasteiger partial charge in [-0.1, -0.05) is 11.3 Å². The largest absolute Gasteiger partial charge is 0.464 e. The predicted molar refractivity (Wildman–Crippen MR) is 139 cm³/mol. The van der Waals surface area contributed by atoms with Gasteiger partial charge in [-0.05, 0) is 75.1 Å². The number of aryl methyl sites for hydroxylation is 1. The zero-order valence-corrected chi connectivity index (χ0v) is 22.0. The fourth-order valence-corrected chi connectivity index (χ4v) is 5.99. The van der Waals surface area contributed by atoms with Crippen molar-refractivity contribution in [2.24, 2.45) is 16.8 Å². The average Bonchev–Trinajstić information content (AvgIpc) is 3.46. The van der Waals surface area contributed by atoms with E-state index in [0.29, 0.717) is 39.6 Å². The summed E-state index contributed by atoms with van der Waals surface area (Å²) in [5, 5.41) is 0.348. The van der Waals surface area contributed by atoms with Gasteiger partial charge in [-0.25, -0.2) is 23.7 Å². The molecule has 1 aromatic carbocycles. The minimum absolute atomic E-state index is 0.242. The summed E-state index contributed by atoms with van der Waals surface area (Å²) >= 11 is 1.39. The predicted octanol–water partition coefficient (Wildman–Crippen LogP) is 6.09. The Morgan fingerprint density at radius 2 is 2.11 bits per heavy atom. The van der Waals surface area contributed by atoms with Crippen LogP contribution in [0.4, 0.5) is 8.78 Å². The summed E-state index contributed by atoms with van der Waals surface area (Å²) in [6, 6.07) is 5.23. The van der Waals surface area contributed by atoms with E-state index in [2.05, 4.69) is 19.9 Å². The Morgan fingerprint density at radius 3 is 2.89 bits per heavy atom. The zero-order valence-electron chi connectivity index (χ0n) is 21.2. The molecule has 3 aromatic rings. The number of oxazole rings is 1. The summed E-state index contributed by atoms with van der Waals surface area (Å²) in [6.07, 6.45) is 8.20. The van der Waals surface area contributed by atoms with Crippen molar-refractivity contribution in [3.63, 3.8) is 0 Å². The molecule has 198 valence electrons. The molecule has 5 rings (SSSR count). The van der Waals surface area contributed by atoms with Crippen molar-refractivity contribution in [3.05, 3.63) is 40.2 Å². The number of halogens is 2. The van der Waals surface area contributed by atoms with Gasteiger partial charge in [0.05, 0.1) is 5.69 Å². The highest BCUT2D eigenvalue weighted by atomic mass is 32.1. The van der Waals surface area contributed by atoms with Gasteiger partial charge in [-0.2, -0.15) is 0 Å². The first-order valence-corrected chi connectivity index (χ1v) is 13.7. The van der Waals surface area contributed by atoms with Crippen molar-refractivity contribution in [3.8, 4) is 5.19 Å². The molecule has 2 aromatic heterocycles. The number of nitrogens with zero attached hydrogens (tertiary/aromatic N) is 4. The summed E-state index contributed by atoms with van der Waals surface area (Å²) in [5.41, 5.74) is 2.84. The van der Waals surface area contributed by atoms with Gasteiger partial charge in [0.15, 0.2) is 18.1 Å². The van der Waals surface area contributed by atoms with Crippen molar-refractivity contribution in [1.29, 1.82) is 0 Å². The van der Waals surface area contributed by atoms with Crippen LogP contribution in [0.3, 0.4) is 0 Å². The fraction of sp³-hybridized carbons (Fsp3) is 0.556. The molecule has 0 N–H and O–H groups in total. The Hall–Kier alpha value is -2.72. The number of rotatable bonds is 8. The van der Waals surface area contributed by atoms with Crippen LogP contribution in [0, 0.1) is 18.8 Å². The number of carbonyl (C=O) groups excluding carboxylic acids is 1. The van der Waals surface area contributed by atoms with Crippen LogP contribution < -0.4 is 4.74 Å². The van der Waals surface area contributed by atoms with E-state index in [1.807, 2.05) is 6.21 Å². The molecule has 1 aliphatic heterocycles. The third-order valence-electron chi connectivity index (χ3n) is 7.13. The zero-order chi connectivity index (χ0) is 26.0. The maximum absolute atomic E-state index is 13.1. The number of thiazole rings is 1. The van der Waals surface area contributed by atoms with Gasteiger partial charge in [-0.15, -0.1) is 0 Å². The second-order valence-electron chi connectivity index (χ2n) is 10.3. The molecule has 0 saturated heterocycles. The minimum atomic E-state index is -2.86. The third kappa shape index (κ3) is 6.78. The van der Waals surface area contributed by atoms with E-state index in [4.69, 9.17) is 9.15 Å². The molecule has 10 heteroatoms. The van der Waals surface area contributed by atoms with Crippen molar-refractivity contribution in [2.75, 3.05) is 19.7 Å². The van der Waals surface area contributed by atoms with Gasteiger partial charge in [0, 0.05) is 43.6 Å². The molecule has 0 spiro atoms. The Kier molecular flexibility index (Phi) is 7.67. The minimum Gasteiger partial charge on any atom is -0.464 e. The molecule has 37 heavy (non-hydrogen) atoms. The molecular formula is C27H32F2N4O3S. The number of fused-ring (bicyclic) bond motifs is 2. The molecule has 0 atom stereocenters. The lowest BCUT2D eigenvalue weighted by atomic mass is 9.81. The summed E-state index contributed by atoms with van der Waals surface area (Å²) in [5.74, 6) is -1.52. The highest BCUT2D eigenvalue weighted by Crippen LogP contribution is 2.33. The average molecular weight is 531 g/mol. The molecular weight excluding hydrogens is 498 g/mol. The summed E-state index contributed by atoms with van der Waals surface area (Å²) < 4.78 is 36.8. The van der Waals surface area contributed by atoms with Gasteiger partial charge < -0.3 is 9.15 Å². The van der Waals surface area contributed by atoms with Crippen LogP contribution in [0.15, 0.2) is 27.6 Å². The fourth-order valence-electron chi connectivity index (χ4n) is 5.08. The van der Waals surface area contributed by atoms with E-state index >= 15 is 0 Å². The van der Waals surface area contributed by atoms with Crippen molar-refractivity contribution in [2.45, 2.75) is 64.8 Å². The van der Waals surface area contributed by atoms with Crippen LogP contribution in [-0.2, 0) is 13.0 Å². The molecule has 1 amide bonds. The number of hydrogen-bond donors (Lipinski definition) is 0. The number of benzene rings is 1. The summed E-state index contributed by atoms with van der Waals surface area (Å²) in [7, 11) is 0. The Labute approximate surface area is 218 Å². The highest BCUT2D eigenvalue weighted by Gasteiger charge is 2.26. The van der Waals surface area contributed by atoms with Gasteiger partial charge in [0.25, 0.3) is 17.0 Å². The lowest BCUT2D eigenvalue weighted by molar-refractivity contribution is -0.0230. The first-order valence-electron chi connectivity index (χ1n) is 12.9. The van der Waals surface area contributed by atoms with Crippen LogP contribution in [0.5, 0.6) is 5.19 Å². The molecule has 0 bridgehead atoms. The normalized spacial score (nSPS) is 21.0. The molecule has 3 heterocycles.